The Balaban J connectivity index is 0.000000185. The number of rotatable bonds is 24. The van der Waals surface area contributed by atoms with Gasteiger partial charge in [0.2, 0.25) is 0 Å². The summed E-state index contributed by atoms with van der Waals surface area (Å²) in [6.45, 7) is 69.7. The number of carbonyl (C=O) groups excluding carboxylic acids is 4. The van der Waals surface area contributed by atoms with Gasteiger partial charge in [-0.3, -0.25) is 28.8 Å². The summed E-state index contributed by atoms with van der Waals surface area (Å²) in [5.41, 5.74) is 39.6. The van der Waals surface area contributed by atoms with E-state index in [1.807, 2.05) is 214 Å². The van der Waals surface area contributed by atoms with Crippen LogP contribution in [0.25, 0.3) is 151 Å². The lowest BCUT2D eigenvalue weighted by Gasteiger charge is -2.20. The molecule has 0 saturated carbocycles. The van der Waals surface area contributed by atoms with E-state index < -0.39 is 58.6 Å². The van der Waals surface area contributed by atoms with Crippen molar-refractivity contribution in [2.24, 2.45) is 0 Å². The number of esters is 2. The number of nitrogens with one attached hydrogen (secondary N) is 6. The van der Waals surface area contributed by atoms with Gasteiger partial charge in [-0.05, 0) is 378 Å². The van der Waals surface area contributed by atoms with Gasteiger partial charge in [-0.2, -0.15) is 0 Å². The molecule has 9 aromatic rings. The summed E-state index contributed by atoms with van der Waals surface area (Å²) in [6, 6.07) is 24.0. The van der Waals surface area contributed by atoms with E-state index in [0.717, 1.165) is 245 Å². The standard InChI is InChI=1S/2C38H42N4O4.C34H34N4O4.C10H18O5/c1-10-24-20(3)28-16-29-23(6)27(13-15-37(45)46-38(7,8)9)35(41-29)19-34-26(12-14-36(43)44)22(5)31(42-34)18-33-25(11-2)21(4)30(40-33)17-32(24)39-28;1-10-24-20(3)28-16-29-22(5)26(12-14-36(43)44)34(41-29)19-35-27(13-15-37(45)46-38(7,8)9)23(6)31(42-35)18-33-25(11-2)21(4)30(40-33)17-32(24)39-28;1-7-21-17(3)25-13-26-19(5)23(9-11-33(39)40)31(37-26)16-32-24(10-12-34(41)42)20(6)28(38-32)15-30-22(8-2)18(4)27(36-30)14-29(21)35-25;1-9(2,3)14-7(11)13-8(12)15-10(4,5)6/h2*10-11,16-19,40,42H,1-2,12-15H2,3-9H3,(H,43,44);7-8,13-16,36,38H,1-2,9-12H2,3-6H3,(H,39,40)(H,41,42);1-6H3. The molecule has 0 unspecified atom stereocenters. The molecule has 778 valence electrons. The third-order valence-corrected chi connectivity index (χ3v) is 26.4. The number of carboxylic acid groups (broad SMARTS) is 4. The van der Waals surface area contributed by atoms with Crippen molar-refractivity contribution in [1.82, 2.24) is 59.8 Å². The summed E-state index contributed by atoms with van der Waals surface area (Å²) in [5.74, 6) is -4.05. The number of fused-ring (bicyclic) bond motifs is 24. The second-order valence-corrected chi connectivity index (χ2v) is 41.6. The topological polar surface area (TPSA) is 436 Å². The van der Waals surface area contributed by atoms with Crippen LogP contribution in [0.3, 0.4) is 0 Å². The Morgan fingerprint density at radius 1 is 0.255 bits per heavy atom. The molecule has 15 rings (SSSR count). The Kier molecular flexibility index (Phi) is 34.0. The minimum absolute atomic E-state index is 0.00865. The van der Waals surface area contributed by atoms with E-state index in [-0.39, 0.29) is 50.5 Å². The molecule has 6 aliphatic rings. The van der Waals surface area contributed by atoms with E-state index in [2.05, 4.69) is 94.0 Å². The van der Waals surface area contributed by atoms with Crippen molar-refractivity contribution in [3.05, 3.63) is 266 Å². The Morgan fingerprint density at radius 3 is 0.718 bits per heavy atom. The quantitative estimate of drug-likeness (QED) is 0.0153. The van der Waals surface area contributed by atoms with Gasteiger partial charge in [0, 0.05) is 138 Å². The number of aliphatic carboxylic acids is 4. The van der Waals surface area contributed by atoms with Crippen molar-refractivity contribution in [2.75, 3.05) is 0 Å². The van der Waals surface area contributed by atoms with E-state index in [1.165, 1.54) is 0 Å². The third kappa shape index (κ3) is 26.4. The Labute approximate surface area is 867 Å². The number of carbonyl (C=O) groups is 8. The second-order valence-electron chi connectivity index (χ2n) is 41.6. The first-order valence-corrected chi connectivity index (χ1v) is 49.6. The predicted molar refractivity (Wildman–Crippen MR) is 596 cm³/mol. The zero-order valence-electron chi connectivity index (χ0n) is 89.9. The van der Waals surface area contributed by atoms with Crippen LogP contribution in [0.1, 0.15) is 318 Å². The molecule has 0 aliphatic carbocycles. The van der Waals surface area contributed by atoms with Crippen molar-refractivity contribution in [3.8, 4) is 0 Å². The van der Waals surface area contributed by atoms with E-state index in [9.17, 15) is 58.8 Å². The number of allylic oxidation sites excluding steroid dienone is 15. The highest BCUT2D eigenvalue weighted by Crippen LogP contribution is 2.44. The predicted octanol–water partition coefficient (Wildman–Crippen LogP) is 27.9. The van der Waals surface area contributed by atoms with Crippen LogP contribution in [0.15, 0.2) is 130 Å². The fourth-order valence-electron chi connectivity index (χ4n) is 18.7. The molecule has 149 heavy (non-hydrogen) atoms. The molecule has 0 aromatic carbocycles. The van der Waals surface area contributed by atoms with Crippen molar-refractivity contribution < 1.29 is 82.5 Å². The van der Waals surface area contributed by atoms with Crippen molar-refractivity contribution in [3.63, 3.8) is 0 Å². The maximum absolute atomic E-state index is 12.8. The lowest BCUT2D eigenvalue weighted by Crippen LogP contribution is -2.29. The highest BCUT2D eigenvalue weighted by molar-refractivity contribution is 6.03. The van der Waals surface area contributed by atoms with Crippen LogP contribution in [0, 0.1) is 41.5 Å². The van der Waals surface area contributed by atoms with E-state index in [0.29, 0.717) is 61.3 Å². The van der Waals surface area contributed by atoms with Crippen LogP contribution < -0.4 is 0 Å². The van der Waals surface area contributed by atoms with Gasteiger partial charge in [0.05, 0.1) is 68.3 Å². The summed E-state index contributed by atoms with van der Waals surface area (Å²) in [6.07, 6.45) is 11.4. The lowest BCUT2D eigenvalue weighted by atomic mass is 10.00. The van der Waals surface area contributed by atoms with Gasteiger partial charge in [-0.25, -0.2) is 39.5 Å². The number of aryl methyl sites for hydroxylation is 9. The SMILES string of the molecule is C=CC1=C(C)c2cc3nc(cc4[nH]c(cc5[nH]c(cc1n2)c(C)c5C=C)c(C)c4CCC(=O)O)C(CCC(=O)O)=C3C.C=CC1=C(C)c2cc3nc(cc4[nH]c(cc5[nH]c(cc1n2)c(C)c5C=C)c(C)c4CCC(=O)O)C(CCC(=O)OC(C)(C)C)=C3C.C=CC1=C(C)c2cc3nc(cc4[nH]c(cc5[nH]c(cc1n2)c(C)c5C=C)c(C)c4CCC(=O)OC(C)(C)C)C(CCC(=O)O)=C3C.CC(C)(C)OC(=O)OC(=O)OC(C)(C)C. The molecule has 0 amide bonds. The number of hydrogen-bond donors (Lipinski definition) is 10. The lowest BCUT2D eigenvalue weighted by molar-refractivity contribution is -0.155. The zero-order valence-corrected chi connectivity index (χ0v) is 89.9. The Hall–Kier alpha value is -16.2. The van der Waals surface area contributed by atoms with Gasteiger partial charge in [-0.15, -0.1) is 0 Å². The number of nitrogens with zero attached hydrogens (tertiary/aromatic N) is 6. The maximum atomic E-state index is 12.8. The first kappa shape index (κ1) is 112. The molecule has 0 saturated heterocycles. The fourth-order valence-corrected chi connectivity index (χ4v) is 18.7. The van der Waals surface area contributed by atoms with Gasteiger partial charge in [0.25, 0.3) is 0 Å². The van der Waals surface area contributed by atoms with Crippen LogP contribution in [-0.4, -0.2) is 151 Å². The highest BCUT2D eigenvalue weighted by atomic mass is 16.8. The number of aromatic nitrogens is 12. The average Bonchev–Trinajstić information content (AvgIpc) is 1.62. The molecule has 15 heterocycles. The average molecular weight is 2020 g/mol. The number of H-pyrrole nitrogens is 6. The molecule has 0 fully saturated rings. The molecular formula is C120H136N12O17. The molecule has 6 aliphatic heterocycles. The molecule has 0 spiro atoms. The Morgan fingerprint density at radius 2 is 0.470 bits per heavy atom. The normalized spacial score (nSPS) is 13.1. The highest BCUT2D eigenvalue weighted by Gasteiger charge is 2.31. The van der Waals surface area contributed by atoms with Crippen LogP contribution in [-0.2, 0) is 71.7 Å². The summed E-state index contributed by atoms with van der Waals surface area (Å²) < 4.78 is 25.0. The van der Waals surface area contributed by atoms with E-state index in [1.54, 1.807) is 41.5 Å². The molecular weight excluding hydrogens is 1880 g/mol. The largest absolute Gasteiger partial charge is 0.519 e. The molecule has 29 heteroatoms. The van der Waals surface area contributed by atoms with Crippen LogP contribution in [0.5, 0.6) is 0 Å². The van der Waals surface area contributed by atoms with Gasteiger partial charge >= 0.3 is 48.1 Å². The van der Waals surface area contributed by atoms with Crippen LogP contribution in [0.4, 0.5) is 9.59 Å². The van der Waals surface area contributed by atoms with E-state index in [4.69, 9.17) is 48.9 Å². The van der Waals surface area contributed by atoms with Crippen LogP contribution in [0.2, 0.25) is 0 Å². The number of carboxylic acids is 4. The summed E-state index contributed by atoms with van der Waals surface area (Å²) in [4.78, 5) is 145. The number of hydrogen-bond acceptors (Lipinski definition) is 19. The summed E-state index contributed by atoms with van der Waals surface area (Å²) in [7, 11) is 0. The van der Waals surface area contributed by atoms with Gasteiger partial charge < -0.3 is 74.0 Å². The minimum Gasteiger partial charge on any atom is -0.481 e. The molecule has 0 radical (unpaired) electrons. The van der Waals surface area contributed by atoms with Crippen molar-refractivity contribution in [2.45, 2.75) is 266 Å². The minimum atomic E-state index is -1.06. The molecule has 29 nitrogen and oxygen atoms in total. The maximum Gasteiger partial charge on any atom is 0.519 e. The molecule has 9 aromatic heterocycles. The second kappa shape index (κ2) is 45.4. The van der Waals surface area contributed by atoms with E-state index >= 15 is 0 Å². The van der Waals surface area contributed by atoms with Gasteiger partial charge in [0.15, 0.2) is 0 Å². The Bertz CT molecular complexity index is 7860. The third-order valence-electron chi connectivity index (χ3n) is 26.4. The first-order chi connectivity index (χ1) is 69.9. The van der Waals surface area contributed by atoms with Gasteiger partial charge in [-0.1, -0.05) is 75.9 Å². The van der Waals surface area contributed by atoms with Crippen molar-refractivity contribution in [1.29, 1.82) is 0 Å². The van der Waals surface area contributed by atoms with Crippen molar-refractivity contribution >= 4 is 199 Å². The smallest absolute Gasteiger partial charge is 0.481 e. The number of ether oxygens (including phenoxy) is 5. The molecule has 24 bridgehead atoms. The molecule has 10 N–H and O–H groups in total. The fraction of sp³-hybridized carbons (Fsp3) is 0.333. The first-order valence-electron chi connectivity index (χ1n) is 49.6. The van der Waals surface area contributed by atoms with Gasteiger partial charge in [0.1, 0.15) is 22.4 Å². The summed E-state index contributed by atoms with van der Waals surface area (Å²) >= 11 is 0. The molecule has 0 atom stereocenters. The monoisotopic (exact) mass is 2020 g/mol. The number of aromatic amines is 6. The zero-order chi connectivity index (χ0) is 110. The summed E-state index contributed by atoms with van der Waals surface area (Å²) in [5, 5.41) is 38.0. The van der Waals surface area contributed by atoms with Crippen LogP contribution >= 0.6 is 0 Å².